The summed E-state index contributed by atoms with van der Waals surface area (Å²) in [6.07, 6.45) is 3.49. The van der Waals surface area contributed by atoms with Gasteiger partial charge in [0.05, 0.1) is 29.2 Å². The standard InChI is InChI=1S/C14H14N4O3/c1-9(8-17-7-3-6-15-17)18-11-5-2-4-10(13(19)20)12(11)16-14(18)21/h2-7,9H,8H2,1H3,(H,16,21)(H,19,20). The van der Waals surface area contributed by atoms with Gasteiger partial charge >= 0.3 is 11.7 Å². The van der Waals surface area contributed by atoms with Crippen LogP contribution < -0.4 is 5.69 Å². The number of H-pyrrole nitrogens is 1. The lowest BCUT2D eigenvalue weighted by molar-refractivity contribution is 0.0699. The third-order valence-electron chi connectivity index (χ3n) is 3.43. The van der Waals surface area contributed by atoms with Gasteiger partial charge in [0.1, 0.15) is 0 Å². The average molecular weight is 286 g/mol. The maximum absolute atomic E-state index is 12.2. The number of nitrogens with one attached hydrogen (secondary N) is 1. The van der Waals surface area contributed by atoms with Gasteiger partial charge in [-0.2, -0.15) is 5.10 Å². The van der Waals surface area contributed by atoms with Crippen molar-refractivity contribution in [2.24, 2.45) is 0 Å². The van der Waals surface area contributed by atoms with E-state index in [-0.39, 0.29) is 17.3 Å². The van der Waals surface area contributed by atoms with Gasteiger partial charge in [0.25, 0.3) is 0 Å². The first-order chi connectivity index (χ1) is 10.1. The zero-order valence-corrected chi connectivity index (χ0v) is 11.4. The van der Waals surface area contributed by atoms with Gasteiger partial charge in [-0.25, -0.2) is 9.59 Å². The van der Waals surface area contributed by atoms with Crippen LogP contribution in [-0.4, -0.2) is 30.4 Å². The van der Waals surface area contributed by atoms with Gasteiger partial charge in [0.15, 0.2) is 0 Å². The van der Waals surface area contributed by atoms with Crippen molar-refractivity contribution in [1.29, 1.82) is 0 Å². The molecule has 7 nitrogen and oxygen atoms in total. The predicted molar refractivity (Wildman–Crippen MR) is 76.5 cm³/mol. The summed E-state index contributed by atoms with van der Waals surface area (Å²) in [5.41, 5.74) is 0.704. The fraction of sp³-hybridized carbons (Fsp3) is 0.214. The molecule has 1 atom stereocenters. The zero-order valence-electron chi connectivity index (χ0n) is 11.4. The fourth-order valence-corrected chi connectivity index (χ4v) is 2.53. The third-order valence-corrected chi connectivity index (χ3v) is 3.43. The van der Waals surface area contributed by atoms with Crippen molar-refractivity contribution in [3.8, 4) is 0 Å². The Labute approximate surface area is 119 Å². The Balaban J connectivity index is 2.10. The van der Waals surface area contributed by atoms with E-state index in [0.29, 0.717) is 17.6 Å². The first-order valence-electron chi connectivity index (χ1n) is 6.52. The normalized spacial score (nSPS) is 12.6. The molecule has 1 unspecified atom stereocenters. The van der Waals surface area contributed by atoms with Crippen LogP contribution in [0.25, 0.3) is 11.0 Å². The molecule has 0 aliphatic carbocycles. The number of imidazole rings is 1. The van der Waals surface area contributed by atoms with E-state index in [9.17, 15) is 14.7 Å². The second-order valence-corrected chi connectivity index (χ2v) is 4.88. The number of hydrogen-bond acceptors (Lipinski definition) is 3. The van der Waals surface area contributed by atoms with E-state index in [2.05, 4.69) is 10.1 Å². The monoisotopic (exact) mass is 286 g/mol. The Morgan fingerprint density at radius 2 is 2.24 bits per heavy atom. The van der Waals surface area contributed by atoms with E-state index in [0.717, 1.165) is 0 Å². The van der Waals surface area contributed by atoms with Gasteiger partial charge < -0.3 is 10.1 Å². The summed E-state index contributed by atoms with van der Waals surface area (Å²) in [7, 11) is 0. The fourth-order valence-electron chi connectivity index (χ4n) is 2.53. The van der Waals surface area contributed by atoms with Crippen LogP contribution >= 0.6 is 0 Å². The van der Waals surface area contributed by atoms with Gasteiger partial charge in [0.2, 0.25) is 0 Å². The Hall–Kier alpha value is -2.83. The summed E-state index contributed by atoms with van der Waals surface area (Å²) in [5, 5.41) is 13.3. The number of aromatic carboxylic acids is 1. The van der Waals surface area contributed by atoms with Crippen molar-refractivity contribution in [3.05, 3.63) is 52.7 Å². The van der Waals surface area contributed by atoms with Gasteiger partial charge in [-0.15, -0.1) is 0 Å². The Morgan fingerprint density at radius 1 is 1.43 bits per heavy atom. The second-order valence-electron chi connectivity index (χ2n) is 4.88. The number of para-hydroxylation sites is 1. The molecular weight excluding hydrogens is 272 g/mol. The van der Waals surface area contributed by atoms with Crippen LogP contribution in [0.15, 0.2) is 41.5 Å². The lowest BCUT2D eigenvalue weighted by Gasteiger charge is -2.13. The van der Waals surface area contributed by atoms with E-state index in [1.807, 2.05) is 19.2 Å². The quantitative estimate of drug-likeness (QED) is 0.759. The first kappa shape index (κ1) is 13.2. The number of carboxylic acids is 1. The molecule has 1 aromatic carbocycles. The molecule has 3 rings (SSSR count). The SMILES string of the molecule is CC(Cn1cccn1)n1c(=O)[nH]c2c(C(=O)O)cccc21. The molecule has 0 spiro atoms. The Bertz CT molecular complexity index is 845. The molecule has 0 saturated carbocycles. The number of aromatic nitrogens is 4. The van der Waals surface area contributed by atoms with Crippen LogP contribution in [0, 0.1) is 0 Å². The van der Waals surface area contributed by atoms with Crippen molar-refractivity contribution in [1.82, 2.24) is 19.3 Å². The molecule has 2 aromatic heterocycles. The number of benzene rings is 1. The van der Waals surface area contributed by atoms with Crippen LogP contribution in [0.1, 0.15) is 23.3 Å². The molecule has 0 bridgehead atoms. The van der Waals surface area contributed by atoms with Gasteiger partial charge in [-0.1, -0.05) is 6.07 Å². The second kappa shape index (κ2) is 4.93. The van der Waals surface area contributed by atoms with Crippen molar-refractivity contribution in [2.45, 2.75) is 19.5 Å². The lowest BCUT2D eigenvalue weighted by Crippen LogP contribution is -2.23. The minimum atomic E-state index is -1.06. The highest BCUT2D eigenvalue weighted by atomic mass is 16.4. The van der Waals surface area contributed by atoms with Crippen LogP contribution in [0.2, 0.25) is 0 Å². The molecular formula is C14H14N4O3. The van der Waals surface area contributed by atoms with Crippen LogP contribution in [0.4, 0.5) is 0 Å². The first-order valence-corrected chi connectivity index (χ1v) is 6.52. The van der Waals surface area contributed by atoms with Crippen molar-refractivity contribution >= 4 is 17.0 Å². The van der Waals surface area contributed by atoms with Gasteiger partial charge in [-0.05, 0) is 25.1 Å². The maximum Gasteiger partial charge on any atom is 0.337 e. The summed E-state index contributed by atoms with van der Waals surface area (Å²) in [6.45, 7) is 2.42. The number of fused-ring (bicyclic) bond motifs is 1. The molecule has 0 amide bonds. The molecule has 0 radical (unpaired) electrons. The minimum Gasteiger partial charge on any atom is -0.478 e. The molecule has 2 heterocycles. The van der Waals surface area contributed by atoms with E-state index in [4.69, 9.17) is 0 Å². The summed E-state index contributed by atoms with van der Waals surface area (Å²) in [4.78, 5) is 26.0. The van der Waals surface area contributed by atoms with E-state index >= 15 is 0 Å². The molecule has 0 aliphatic heterocycles. The van der Waals surface area contributed by atoms with Crippen LogP contribution in [0.3, 0.4) is 0 Å². The lowest BCUT2D eigenvalue weighted by atomic mass is 10.2. The maximum atomic E-state index is 12.2. The highest BCUT2D eigenvalue weighted by molar-refractivity contribution is 6.00. The largest absolute Gasteiger partial charge is 0.478 e. The third kappa shape index (κ3) is 2.22. The smallest absolute Gasteiger partial charge is 0.337 e. The number of aromatic amines is 1. The number of rotatable bonds is 4. The molecule has 108 valence electrons. The molecule has 3 aromatic rings. The van der Waals surface area contributed by atoms with Gasteiger partial charge in [0, 0.05) is 12.4 Å². The van der Waals surface area contributed by atoms with Crippen molar-refractivity contribution < 1.29 is 9.90 Å². The Morgan fingerprint density at radius 3 is 2.90 bits per heavy atom. The average Bonchev–Trinajstić information content (AvgIpc) is 3.03. The van der Waals surface area contributed by atoms with E-state index < -0.39 is 5.97 Å². The molecule has 0 fully saturated rings. The number of nitrogens with zero attached hydrogens (tertiary/aromatic N) is 3. The van der Waals surface area contributed by atoms with E-state index in [1.54, 1.807) is 27.6 Å². The van der Waals surface area contributed by atoms with Crippen molar-refractivity contribution in [2.75, 3.05) is 0 Å². The van der Waals surface area contributed by atoms with Crippen molar-refractivity contribution in [3.63, 3.8) is 0 Å². The summed E-state index contributed by atoms with van der Waals surface area (Å²) in [6, 6.07) is 6.50. The predicted octanol–water partition coefficient (Wildman–Crippen LogP) is 1.49. The molecule has 7 heteroatoms. The number of carboxylic acid groups (broad SMARTS) is 1. The topological polar surface area (TPSA) is 92.9 Å². The van der Waals surface area contributed by atoms with Crippen LogP contribution in [-0.2, 0) is 6.54 Å². The number of hydrogen-bond donors (Lipinski definition) is 2. The molecule has 2 N–H and O–H groups in total. The highest BCUT2D eigenvalue weighted by Gasteiger charge is 2.17. The Kier molecular flexibility index (Phi) is 3.09. The molecule has 0 saturated heterocycles. The highest BCUT2D eigenvalue weighted by Crippen LogP contribution is 2.19. The minimum absolute atomic E-state index is 0.0923. The summed E-state index contributed by atoms with van der Waals surface area (Å²) < 4.78 is 3.29. The van der Waals surface area contributed by atoms with Gasteiger partial charge in [-0.3, -0.25) is 9.25 Å². The number of carbonyl (C=O) groups is 1. The summed E-state index contributed by atoms with van der Waals surface area (Å²) in [5.74, 6) is -1.06. The summed E-state index contributed by atoms with van der Waals surface area (Å²) >= 11 is 0. The zero-order chi connectivity index (χ0) is 15.0. The molecule has 21 heavy (non-hydrogen) atoms. The van der Waals surface area contributed by atoms with E-state index in [1.165, 1.54) is 6.07 Å². The molecule has 0 aliphatic rings. The van der Waals surface area contributed by atoms with Crippen LogP contribution in [0.5, 0.6) is 0 Å².